The van der Waals surface area contributed by atoms with E-state index in [4.69, 9.17) is 48.4 Å². The Hall–Kier alpha value is -3.25. The molecule has 5 aromatic rings. The van der Waals surface area contributed by atoms with Gasteiger partial charge in [0, 0.05) is 33.5 Å². The zero-order chi connectivity index (χ0) is 23.1. The van der Waals surface area contributed by atoms with Crippen molar-refractivity contribution in [1.82, 2.24) is 0 Å². The van der Waals surface area contributed by atoms with E-state index in [9.17, 15) is 9.59 Å². The van der Waals surface area contributed by atoms with E-state index in [0.717, 1.165) is 5.56 Å². The minimum absolute atomic E-state index is 0.229. The lowest BCUT2D eigenvalue weighted by atomic mass is 10.0. The second kappa shape index (κ2) is 8.60. The van der Waals surface area contributed by atoms with Crippen molar-refractivity contribution in [3.05, 3.63) is 108 Å². The van der Waals surface area contributed by atoms with Crippen molar-refractivity contribution in [2.24, 2.45) is 0 Å². The lowest BCUT2D eigenvalue weighted by molar-refractivity contribution is 0.306. The molecule has 3 aromatic carbocycles. The molecule has 8 heteroatoms. The number of halogens is 3. The van der Waals surface area contributed by atoms with Crippen molar-refractivity contribution in [2.75, 3.05) is 0 Å². The summed E-state index contributed by atoms with van der Waals surface area (Å²) in [5.41, 5.74) is 0.946. The molecular formula is C25H13Cl3O5. The summed E-state index contributed by atoms with van der Waals surface area (Å²) < 4.78 is 16.6. The average Bonchev–Trinajstić information content (AvgIpc) is 2.79. The predicted molar refractivity (Wildman–Crippen MR) is 130 cm³/mol. The highest BCUT2D eigenvalue weighted by atomic mass is 35.5. The largest absolute Gasteiger partial charge is 0.489 e. The molecule has 5 nitrogen and oxygen atoms in total. The van der Waals surface area contributed by atoms with Gasteiger partial charge in [0.05, 0.1) is 15.6 Å². The number of hydrogen-bond acceptors (Lipinski definition) is 5. The molecule has 33 heavy (non-hydrogen) atoms. The van der Waals surface area contributed by atoms with Gasteiger partial charge in [-0.15, -0.1) is 0 Å². The van der Waals surface area contributed by atoms with Gasteiger partial charge in [-0.3, -0.25) is 0 Å². The van der Waals surface area contributed by atoms with Crippen LogP contribution in [0.25, 0.3) is 33.1 Å². The summed E-state index contributed by atoms with van der Waals surface area (Å²) in [4.78, 5) is 25.0. The van der Waals surface area contributed by atoms with Gasteiger partial charge >= 0.3 is 11.3 Å². The van der Waals surface area contributed by atoms with E-state index in [1.807, 2.05) is 0 Å². The maximum atomic E-state index is 12.7. The van der Waals surface area contributed by atoms with Crippen molar-refractivity contribution in [3.8, 4) is 16.9 Å². The molecule has 0 saturated carbocycles. The van der Waals surface area contributed by atoms with Crippen LogP contribution < -0.4 is 16.0 Å². The third-order valence-electron chi connectivity index (χ3n) is 5.09. The maximum absolute atomic E-state index is 12.7. The summed E-state index contributed by atoms with van der Waals surface area (Å²) in [7, 11) is 0. The highest BCUT2D eigenvalue weighted by Crippen LogP contribution is 2.31. The summed E-state index contributed by atoms with van der Waals surface area (Å²) >= 11 is 18.1. The Kier molecular flexibility index (Phi) is 5.62. The van der Waals surface area contributed by atoms with Crippen molar-refractivity contribution < 1.29 is 13.6 Å². The lowest BCUT2D eigenvalue weighted by Crippen LogP contribution is -2.06. The molecule has 0 fully saturated rings. The molecule has 0 spiro atoms. The van der Waals surface area contributed by atoms with Gasteiger partial charge in [0.1, 0.15) is 23.5 Å². The fourth-order valence-electron chi connectivity index (χ4n) is 3.53. The summed E-state index contributed by atoms with van der Waals surface area (Å²) in [6.07, 6.45) is 0. The standard InChI is InChI=1S/C25H13Cl3O5/c26-15-2-6-22-14(8-15)9-19(25(30)33-22)18-11-24(29)32-23-10-16(3-4-17(18)23)31-12-13-1-5-20(27)21(28)7-13/h1-11H,12H2. The fourth-order valence-corrected chi connectivity index (χ4v) is 4.04. The van der Waals surface area contributed by atoms with Crippen LogP contribution in [-0.2, 0) is 6.61 Å². The quantitative estimate of drug-likeness (QED) is 0.247. The third kappa shape index (κ3) is 4.35. The van der Waals surface area contributed by atoms with Crippen LogP contribution in [0.2, 0.25) is 15.1 Å². The molecule has 164 valence electrons. The van der Waals surface area contributed by atoms with E-state index in [2.05, 4.69) is 0 Å². The van der Waals surface area contributed by atoms with Gasteiger partial charge < -0.3 is 13.6 Å². The molecule has 2 aromatic heterocycles. The van der Waals surface area contributed by atoms with Crippen LogP contribution in [0.3, 0.4) is 0 Å². The zero-order valence-electron chi connectivity index (χ0n) is 16.7. The van der Waals surface area contributed by atoms with Gasteiger partial charge in [-0.05, 0) is 54.1 Å². The summed E-state index contributed by atoms with van der Waals surface area (Å²) in [6.45, 7) is 0.237. The van der Waals surface area contributed by atoms with Gasteiger partial charge in [-0.2, -0.15) is 0 Å². The molecule has 0 saturated heterocycles. The molecule has 0 bridgehead atoms. The SMILES string of the molecule is O=c1cc(-c2cc3cc(Cl)ccc3oc2=O)c2ccc(OCc3ccc(Cl)c(Cl)c3)cc2o1. The molecule has 2 heterocycles. The van der Waals surface area contributed by atoms with Crippen molar-refractivity contribution in [3.63, 3.8) is 0 Å². The van der Waals surface area contributed by atoms with E-state index in [1.54, 1.807) is 60.7 Å². The molecule has 0 aliphatic carbocycles. The van der Waals surface area contributed by atoms with E-state index < -0.39 is 11.3 Å². The molecular weight excluding hydrogens is 487 g/mol. The monoisotopic (exact) mass is 498 g/mol. The second-order valence-corrected chi connectivity index (χ2v) is 8.55. The molecule has 0 radical (unpaired) electrons. The van der Waals surface area contributed by atoms with Gasteiger partial charge in [0.25, 0.3) is 0 Å². The summed E-state index contributed by atoms with van der Waals surface area (Å²) in [5.74, 6) is 0.478. The Morgan fingerprint density at radius 1 is 0.727 bits per heavy atom. The fraction of sp³-hybridized carbons (Fsp3) is 0.0400. The Morgan fingerprint density at radius 2 is 1.58 bits per heavy atom. The number of benzene rings is 3. The molecule has 0 aliphatic rings. The number of hydrogen-bond donors (Lipinski definition) is 0. The average molecular weight is 500 g/mol. The molecule has 0 amide bonds. The van der Waals surface area contributed by atoms with E-state index >= 15 is 0 Å². The molecule has 0 unspecified atom stereocenters. The number of fused-ring (bicyclic) bond motifs is 2. The molecule has 0 atom stereocenters. The van der Waals surface area contributed by atoms with E-state index in [0.29, 0.717) is 42.7 Å². The Morgan fingerprint density at radius 3 is 2.39 bits per heavy atom. The number of rotatable bonds is 4. The maximum Gasteiger partial charge on any atom is 0.344 e. The Balaban J connectivity index is 1.55. The van der Waals surface area contributed by atoms with E-state index in [-0.39, 0.29) is 17.8 Å². The van der Waals surface area contributed by atoms with Crippen LogP contribution in [0.5, 0.6) is 5.75 Å². The zero-order valence-corrected chi connectivity index (χ0v) is 19.0. The van der Waals surface area contributed by atoms with E-state index in [1.165, 1.54) is 6.07 Å². The second-order valence-electron chi connectivity index (χ2n) is 7.30. The first-order chi connectivity index (χ1) is 15.9. The van der Waals surface area contributed by atoms with Crippen LogP contribution in [0.1, 0.15) is 5.56 Å². The molecule has 0 N–H and O–H groups in total. The summed E-state index contributed by atoms with van der Waals surface area (Å²) in [6, 6.07) is 18.1. The van der Waals surface area contributed by atoms with Crippen molar-refractivity contribution >= 4 is 56.7 Å². The Labute approximate surface area is 201 Å². The minimum atomic E-state index is -0.607. The van der Waals surface area contributed by atoms with Crippen LogP contribution in [0.4, 0.5) is 0 Å². The normalized spacial score (nSPS) is 11.2. The number of ether oxygens (including phenoxy) is 1. The lowest BCUT2D eigenvalue weighted by Gasteiger charge is -2.10. The van der Waals surface area contributed by atoms with Crippen LogP contribution in [-0.4, -0.2) is 0 Å². The van der Waals surface area contributed by atoms with Gasteiger partial charge in [-0.25, -0.2) is 9.59 Å². The first kappa shape index (κ1) is 21.6. The summed E-state index contributed by atoms with van der Waals surface area (Å²) in [5, 5.41) is 2.59. The van der Waals surface area contributed by atoms with Gasteiger partial charge in [0.15, 0.2) is 0 Å². The molecule has 0 aliphatic heterocycles. The van der Waals surface area contributed by atoms with Crippen molar-refractivity contribution in [2.45, 2.75) is 6.61 Å². The van der Waals surface area contributed by atoms with Crippen LogP contribution in [0.15, 0.2) is 85.2 Å². The molecule has 5 rings (SSSR count). The first-order valence-corrected chi connectivity index (χ1v) is 10.9. The van der Waals surface area contributed by atoms with Crippen molar-refractivity contribution in [1.29, 1.82) is 0 Å². The minimum Gasteiger partial charge on any atom is -0.489 e. The highest BCUT2D eigenvalue weighted by molar-refractivity contribution is 6.42. The first-order valence-electron chi connectivity index (χ1n) is 9.76. The van der Waals surface area contributed by atoms with Gasteiger partial charge in [-0.1, -0.05) is 40.9 Å². The van der Waals surface area contributed by atoms with Gasteiger partial charge in [0.2, 0.25) is 0 Å². The van der Waals surface area contributed by atoms with Crippen LogP contribution >= 0.6 is 34.8 Å². The predicted octanol–water partition coefficient (Wildman–Crippen LogP) is 7.11. The van der Waals surface area contributed by atoms with Crippen LogP contribution in [0, 0.1) is 0 Å². The Bertz CT molecular complexity index is 1650. The smallest absolute Gasteiger partial charge is 0.344 e. The third-order valence-corrected chi connectivity index (χ3v) is 6.06. The topological polar surface area (TPSA) is 69.7 Å². The highest BCUT2D eigenvalue weighted by Gasteiger charge is 2.15.